The van der Waals surface area contributed by atoms with Crippen molar-refractivity contribution in [2.24, 2.45) is 0 Å². The fraction of sp³-hybridized carbons (Fsp3) is 0.368. The molecule has 1 aromatic heterocycles. The summed E-state index contributed by atoms with van der Waals surface area (Å²) in [5.74, 6) is -4.31. The van der Waals surface area contributed by atoms with Crippen molar-refractivity contribution in [2.75, 3.05) is 18.4 Å². The number of nitrogens with one attached hydrogen (secondary N) is 1. The van der Waals surface area contributed by atoms with E-state index < -0.39 is 23.6 Å². The van der Waals surface area contributed by atoms with Crippen LogP contribution in [0.15, 0.2) is 36.5 Å². The zero-order chi connectivity index (χ0) is 20.3. The first-order valence-electron chi connectivity index (χ1n) is 8.75. The smallest absolute Gasteiger partial charge is 0.250 e. The maximum Gasteiger partial charge on any atom is 0.250 e. The lowest BCUT2D eigenvalue weighted by atomic mass is 10.0. The number of anilines is 1. The zero-order valence-corrected chi connectivity index (χ0v) is 15.1. The summed E-state index contributed by atoms with van der Waals surface area (Å²) in [6, 6.07) is 5.28. The lowest BCUT2D eigenvalue weighted by Gasteiger charge is -2.34. The number of piperidine rings is 1. The van der Waals surface area contributed by atoms with E-state index in [4.69, 9.17) is 4.74 Å². The minimum atomic E-state index is -2.67. The van der Waals surface area contributed by atoms with Gasteiger partial charge in [-0.2, -0.15) is 0 Å². The number of likely N-dealkylation sites (tertiary alicyclic amines) is 1. The number of nitrogens with zero attached hydrogens (tertiary/aromatic N) is 2. The van der Waals surface area contributed by atoms with Crippen molar-refractivity contribution in [1.82, 2.24) is 9.88 Å². The first kappa shape index (κ1) is 20.1. The first-order chi connectivity index (χ1) is 13.2. The van der Waals surface area contributed by atoms with E-state index in [-0.39, 0.29) is 49.2 Å². The molecule has 0 saturated carbocycles. The van der Waals surface area contributed by atoms with Gasteiger partial charge >= 0.3 is 0 Å². The van der Waals surface area contributed by atoms with E-state index in [9.17, 15) is 22.4 Å². The molecule has 1 saturated heterocycles. The van der Waals surface area contributed by atoms with E-state index >= 15 is 0 Å². The highest BCUT2D eigenvalue weighted by Gasteiger charge is 2.36. The molecule has 5 nitrogen and oxygen atoms in total. The highest BCUT2D eigenvalue weighted by molar-refractivity contribution is 5.93. The SMILES string of the molecule is C[C@@H](C(=O)Nc1ccc(Oc2ccc(F)cc2F)cn1)N1CCC(F)(F)CC1. The van der Waals surface area contributed by atoms with Gasteiger partial charge in [-0.3, -0.25) is 9.69 Å². The van der Waals surface area contributed by atoms with Crippen LogP contribution < -0.4 is 10.1 Å². The molecule has 0 radical (unpaired) electrons. The number of rotatable bonds is 5. The number of carbonyl (C=O) groups is 1. The van der Waals surface area contributed by atoms with Crippen LogP contribution in [0.2, 0.25) is 0 Å². The Bertz CT molecular complexity index is 836. The molecule has 1 N–H and O–H groups in total. The Hall–Kier alpha value is -2.68. The van der Waals surface area contributed by atoms with Crippen LogP contribution >= 0.6 is 0 Å². The predicted octanol–water partition coefficient (Wildman–Crippen LogP) is 4.21. The molecule has 150 valence electrons. The highest BCUT2D eigenvalue weighted by atomic mass is 19.3. The van der Waals surface area contributed by atoms with Gasteiger partial charge in [0.1, 0.15) is 17.4 Å². The van der Waals surface area contributed by atoms with Gasteiger partial charge in [-0.1, -0.05) is 0 Å². The van der Waals surface area contributed by atoms with E-state index in [0.717, 1.165) is 12.1 Å². The number of amides is 1. The molecule has 1 amide bonds. The monoisotopic (exact) mass is 397 g/mol. The van der Waals surface area contributed by atoms with Crippen molar-refractivity contribution >= 4 is 11.7 Å². The fourth-order valence-electron chi connectivity index (χ4n) is 2.83. The Morgan fingerprint density at radius 3 is 2.54 bits per heavy atom. The zero-order valence-electron chi connectivity index (χ0n) is 15.1. The van der Waals surface area contributed by atoms with Crippen LogP contribution in [-0.4, -0.2) is 40.8 Å². The molecular formula is C19H19F4N3O2. The summed E-state index contributed by atoms with van der Waals surface area (Å²) in [6.45, 7) is 1.93. The lowest BCUT2D eigenvalue weighted by molar-refractivity contribution is -0.124. The van der Waals surface area contributed by atoms with E-state index in [1.54, 1.807) is 11.8 Å². The second kappa shape index (κ2) is 8.14. The Morgan fingerprint density at radius 2 is 1.93 bits per heavy atom. The molecule has 1 aliphatic heterocycles. The first-order valence-corrected chi connectivity index (χ1v) is 8.75. The molecule has 3 rings (SSSR count). The number of hydrogen-bond donors (Lipinski definition) is 1. The van der Waals surface area contributed by atoms with E-state index in [1.807, 2.05) is 0 Å². The lowest BCUT2D eigenvalue weighted by Crippen LogP contribution is -2.48. The molecule has 0 aliphatic carbocycles. The molecular weight excluding hydrogens is 378 g/mol. The normalized spacial score (nSPS) is 17.8. The van der Waals surface area contributed by atoms with Crippen molar-refractivity contribution in [2.45, 2.75) is 31.7 Å². The Balaban J connectivity index is 1.57. The molecule has 9 heteroatoms. The van der Waals surface area contributed by atoms with Crippen molar-refractivity contribution in [3.8, 4) is 11.5 Å². The van der Waals surface area contributed by atoms with Crippen LogP contribution in [0.5, 0.6) is 11.5 Å². The summed E-state index contributed by atoms with van der Waals surface area (Å²) in [7, 11) is 0. The summed E-state index contributed by atoms with van der Waals surface area (Å²) >= 11 is 0. The number of hydrogen-bond acceptors (Lipinski definition) is 4. The highest BCUT2D eigenvalue weighted by Crippen LogP contribution is 2.29. The quantitative estimate of drug-likeness (QED) is 0.768. The molecule has 2 heterocycles. The summed E-state index contributed by atoms with van der Waals surface area (Å²) in [5.41, 5.74) is 0. The number of ether oxygens (including phenoxy) is 1. The van der Waals surface area contributed by atoms with Gasteiger partial charge in [0.05, 0.1) is 12.2 Å². The second-order valence-electron chi connectivity index (χ2n) is 6.61. The molecule has 0 unspecified atom stereocenters. The van der Waals surface area contributed by atoms with Crippen LogP contribution in [0.3, 0.4) is 0 Å². The molecule has 1 atom stereocenters. The fourth-order valence-corrected chi connectivity index (χ4v) is 2.83. The number of alkyl halides is 2. The van der Waals surface area contributed by atoms with Gasteiger partial charge in [-0.15, -0.1) is 0 Å². The molecule has 1 fully saturated rings. The predicted molar refractivity (Wildman–Crippen MR) is 94.5 cm³/mol. The van der Waals surface area contributed by atoms with Crippen LogP contribution in [-0.2, 0) is 4.79 Å². The number of carbonyl (C=O) groups excluding carboxylic acids is 1. The van der Waals surface area contributed by atoms with E-state index in [0.29, 0.717) is 6.07 Å². The van der Waals surface area contributed by atoms with E-state index in [1.165, 1.54) is 18.3 Å². The molecule has 0 spiro atoms. The Labute approximate surface area is 159 Å². The Kier molecular flexibility index (Phi) is 5.83. The maximum absolute atomic E-state index is 13.6. The third-order valence-electron chi connectivity index (χ3n) is 4.57. The molecule has 2 aromatic rings. The summed E-state index contributed by atoms with van der Waals surface area (Å²) in [5, 5.41) is 2.61. The van der Waals surface area contributed by atoms with Gasteiger partial charge in [0.2, 0.25) is 5.91 Å². The van der Waals surface area contributed by atoms with Gasteiger partial charge in [-0.25, -0.2) is 22.5 Å². The van der Waals surface area contributed by atoms with Gasteiger partial charge in [0, 0.05) is 32.0 Å². The van der Waals surface area contributed by atoms with Gasteiger partial charge in [0.15, 0.2) is 11.6 Å². The van der Waals surface area contributed by atoms with Crippen molar-refractivity contribution in [3.63, 3.8) is 0 Å². The average Bonchev–Trinajstić information content (AvgIpc) is 2.65. The molecule has 0 bridgehead atoms. The van der Waals surface area contributed by atoms with Crippen molar-refractivity contribution in [1.29, 1.82) is 0 Å². The largest absolute Gasteiger partial charge is 0.453 e. The maximum atomic E-state index is 13.6. The second-order valence-corrected chi connectivity index (χ2v) is 6.61. The van der Waals surface area contributed by atoms with Crippen molar-refractivity contribution in [3.05, 3.63) is 48.2 Å². The number of halogens is 4. The number of pyridine rings is 1. The molecule has 1 aromatic carbocycles. The topological polar surface area (TPSA) is 54.5 Å². The van der Waals surface area contributed by atoms with Gasteiger partial charge in [0.25, 0.3) is 5.92 Å². The third-order valence-corrected chi connectivity index (χ3v) is 4.57. The minimum absolute atomic E-state index is 0.144. The average molecular weight is 397 g/mol. The Morgan fingerprint density at radius 1 is 1.21 bits per heavy atom. The van der Waals surface area contributed by atoms with Crippen LogP contribution in [0.4, 0.5) is 23.4 Å². The number of aromatic nitrogens is 1. The third kappa shape index (κ3) is 4.98. The van der Waals surface area contributed by atoms with Crippen LogP contribution in [0, 0.1) is 11.6 Å². The van der Waals surface area contributed by atoms with Gasteiger partial charge < -0.3 is 10.1 Å². The van der Waals surface area contributed by atoms with Crippen LogP contribution in [0.25, 0.3) is 0 Å². The van der Waals surface area contributed by atoms with Crippen molar-refractivity contribution < 1.29 is 27.1 Å². The number of benzene rings is 1. The minimum Gasteiger partial charge on any atom is -0.453 e. The standard InChI is InChI=1S/C19H19F4N3O2/c1-12(26-8-6-19(22,23)7-9-26)18(27)25-17-5-3-14(11-24-17)28-16-4-2-13(20)10-15(16)21/h2-5,10-12H,6-9H2,1H3,(H,24,25,27)/t12-/m0/s1. The summed E-state index contributed by atoms with van der Waals surface area (Å²) < 4.78 is 58.3. The van der Waals surface area contributed by atoms with Gasteiger partial charge in [-0.05, 0) is 31.2 Å². The molecule has 28 heavy (non-hydrogen) atoms. The van der Waals surface area contributed by atoms with Crippen LogP contribution in [0.1, 0.15) is 19.8 Å². The summed E-state index contributed by atoms with van der Waals surface area (Å²) in [6.07, 6.45) is 0.744. The molecule has 1 aliphatic rings. The van der Waals surface area contributed by atoms with E-state index in [2.05, 4.69) is 10.3 Å². The summed E-state index contributed by atoms with van der Waals surface area (Å²) in [4.78, 5) is 18.0.